The van der Waals surface area contributed by atoms with Gasteiger partial charge in [0.2, 0.25) is 10.0 Å². The van der Waals surface area contributed by atoms with Crippen molar-refractivity contribution in [3.05, 3.63) is 23.0 Å². The number of hydrogen-bond acceptors (Lipinski definition) is 4. The fourth-order valence-corrected chi connectivity index (χ4v) is 3.75. The quantitative estimate of drug-likeness (QED) is 0.830. The van der Waals surface area contributed by atoms with Crippen LogP contribution in [0.4, 0.5) is 0 Å². The first-order chi connectivity index (χ1) is 10.2. The number of carbonyl (C=O) groups excluding carboxylic acids is 1. The van der Waals surface area contributed by atoms with E-state index in [-0.39, 0.29) is 23.6 Å². The van der Waals surface area contributed by atoms with Crippen LogP contribution in [0.2, 0.25) is 5.02 Å². The van der Waals surface area contributed by atoms with Crippen molar-refractivity contribution in [3.8, 4) is 0 Å². The molecule has 22 heavy (non-hydrogen) atoms. The third-order valence-corrected chi connectivity index (χ3v) is 5.87. The van der Waals surface area contributed by atoms with E-state index in [2.05, 4.69) is 5.32 Å². The van der Waals surface area contributed by atoms with E-state index in [0.717, 1.165) is 0 Å². The van der Waals surface area contributed by atoms with Gasteiger partial charge in [-0.25, -0.2) is 12.7 Å². The summed E-state index contributed by atoms with van der Waals surface area (Å²) in [5.41, 5.74) is 0.422. The van der Waals surface area contributed by atoms with Crippen LogP contribution in [0.3, 0.4) is 0 Å². The summed E-state index contributed by atoms with van der Waals surface area (Å²) in [5.74, 6) is -0.622. The molecular weight excluding hydrogens is 330 g/mol. The van der Waals surface area contributed by atoms with Crippen molar-refractivity contribution in [2.75, 3.05) is 33.1 Å². The first-order valence-corrected chi connectivity index (χ1v) is 8.80. The summed E-state index contributed by atoms with van der Waals surface area (Å²) in [6.45, 7) is 0.615. The molecule has 124 valence electrons. The van der Waals surface area contributed by atoms with Crippen LogP contribution < -0.4 is 5.32 Å². The van der Waals surface area contributed by atoms with Gasteiger partial charge in [-0.2, -0.15) is 0 Å². The van der Waals surface area contributed by atoms with E-state index in [4.69, 9.17) is 16.3 Å². The SMILES string of the molecule is CN(C)S(=O)(=O)C[C@@H]1COC[C@@H]1NC(=O)c1cc(Cl)cn1C. The Kier molecular flexibility index (Phi) is 5.16. The molecule has 0 aromatic carbocycles. The van der Waals surface area contributed by atoms with Crippen LogP contribution in [0.15, 0.2) is 12.3 Å². The number of rotatable bonds is 5. The van der Waals surface area contributed by atoms with Crippen molar-refractivity contribution in [2.45, 2.75) is 6.04 Å². The van der Waals surface area contributed by atoms with E-state index < -0.39 is 10.0 Å². The Labute approximate surface area is 135 Å². The minimum Gasteiger partial charge on any atom is -0.379 e. The third-order valence-electron chi connectivity index (χ3n) is 3.70. The zero-order chi connectivity index (χ0) is 16.5. The van der Waals surface area contributed by atoms with Gasteiger partial charge in [-0.3, -0.25) is 4.79 Å². The molecule has 1 aromatic rings. The molecule has 0 bridgehead atoms. The highest BCUT2D eigenvalue weighted by Gasteiger charge is 2.34. The third kappa shape index (κ3) is 3.81. The van der Waals surface area contributed by atoms with Gasteiger partial charge in [0, 0.05) is 33.3 Å². The van der Waals surface area contributed by atoms with E-state index in [9.17, 15) is 13.2 Å². The van der Waals surface area contributed by atoms with Crippen molar-refractivity contribution in [1.29, 1.82) is 0 Å². The predicted octanol–water partition coefficient (Wildman–Crippen LogP) is 0.315. The molecule has 1 aromatic heterocycles. The Morgan fingerprint density at radius 2 is 2.18 bits per heavy atom. The summed E-state index contributed by atoms with van der Waals surface area (Å²) >= 11 is 5.87. The van der Waals surface area contributed by atoms with E-state index in [0.29, 0.717) is 23.9 Å². The highest BCUT2D eigenvalue weighted by molar-refractivity contribution is 7.89. The van der Waals surface area contributed by atoms with E-state index >= 15 is 0 Å². The van der Waals surface area contributed by atoms with Gasteiger partial charge in [-0.05, 0) is 6.07 Å². The van der Waals surface area contributed by atoms with Crippen LogP contribution in [0.1, 0.15) is 10.5 Å². The average Bonchev–Trinajstić information content (AvgIpc) is 2.95. The van der Waals surface area contributed by atoms with Gasteiger partial charge in [-0.15, -0.1) is 0 Å². The monoisotopic (exact) mass is 349 g/mol. The molecule has 0 unspecified atom stereocenters. The largest absolute Gasteiger partial charge is 0.379 e. The van der Waals surface area contributed by atoms with Crippen molar-refractivity contribution < 1.29 is 17.9 Å². The fourth-order valence-electron chi connectivity index (χ4n) is 2.33. The molecule has 1 aliphatic rings. The molecule has 1 N–H and O–H groups in total. The van der Waals surface area contributed by atoms with Crippen LogP contribution in [-0.4, -0.2) is 62.3 Å². The van der Waals surface area contributed by atoms with Gasteiger partial charge in [0.15, 0.2) is 0 Å². The van der Waals surface area contributed by atoms with Crippen molar-refractivity contribution in [2.24, 2.45) is 13.0 Å². The van der Waals surface area contributed by atoms with Gasteiger partial charge in [-0.1, -0.05) is 11.6 Å². The molecule has 0 saturated carbocycles. The van der Waals surface area contributed by atoms with E-state index in [1.165, 1.54) is 18.4 Å². The van der Waals surface area contributed by atoms with Gasteiger partial charge in [0.1, 0.15) is 5.69 Å². The second-order valence-electron chi connectivity index (χ2n) is 5.59. The van der Waals surface area contributed by atoms with Crippen molar-refractivity contribution in [1.82, 2.24) is 14.2 Å². The molecule has 1 fully saturated rings. The summed E-state index contributed by atoms with van der Waals surface area (Å²) in [7, 11) is 1.36. The summed E-state index contributed by atoms with van der Waals surface area (Å²) in [5, 5.41) is 3.31. The molecule has 0 radical (unpaired) electrons. The van der Waals surface area contributed by atoms with Gasteiger partial charge >= 0.3 is 0 Å². The Hall–Kier alpha value is -1.09. The summed E-state index contributed by atoms with van der Waals surface area (Å²) in [4.78, 5) is 12.3. The van der Waals surface area contributed by atoms with Crippen molar-refractivity contribution >= 4 is 27.5 Å². The number of nitrogens with zero attached hydrogens (tertiary/aromatic N) is 2. The highest BCUT2D eigenvalue weighted by Crippen LogP contribution is 2.19. The zero-order valence-corrected chi connectivity index (χ0v) is 14.3. The first kappa shape index (κ1) is 17.3. The molecule has 2 atom stereocenters. The average molecular weight is 350 g/mol. The molecular formula is C13H20ClN3O4S. The number of nitrogens with one attached hydrogen (secondary N) is 1. The Morgan fingerprint density at radius 3 is 2.73 bits per heavy atom. The van der Waals surface area contributed by atoms with E-state index in [1.807, 2.05) is 0 Å². The minimum absolute atomic E-state index is 0.0567. The smallest absolute Gasteiger partial charge is 0.268 e. The number of halogens is 1. The molecule has 9 heteroatoms. The molecule has 2 rings (SSSR count). The topological polar surface area (TPSA) is 80.6 Å². The number of ether oxygens (including phenoxy) is 1. The van der Waals surface area contributed by atoms with Crippen LogP contribution in [-0.2, 0) is 21.8 Å². The Balaban J connectivity index is 2.05. The van der Waals surface area contributed by atoms with Crippen molar-refractivity contribution in [3.63, 3.8) is 0 Å². The van der Waals surface area contributed by atoms with Gasteiger partial charge in [0.05, 0.1) is 30.0 Å². The van der Waals surface area contributed by atoms with Crippen LogP contribution in [0, 0.1) is 5.92 Å². The predicted molar refractivity (Wildman–Crippen MR) is 83.5 cm³/mol. The van der Waals surface area contributed by atoms with E-state index in [1.54, 1.807) is 23.9 Å². The molecule has 0 aliphatic carbocycles. The maximum absolute atomic E-state index is 12.3. The number of aryl methyl sites for hydroxylation is 1. The Bertz CT molecular complexity index is 656. The molecule has 0 spiro atoms. The number of sulfonamides is 1. The lowest BCUT2D eigenvalue weighted by molar-refractivity contribution is 0.0918. The molecule has 1 aliphatic heterocycles. The summed E-state index contributed by atoms with van der Waals surface area (Å²) < 4.78 is 32.1. The maximum Gasteiger partial charge on any atom is 0.268 e. The normalized spacial score (nSPS) is 22.2. The molecule has 1 amide bonds. The van der Waals surface area contributed by atoms with Crippen LogP contribution in [0.25, 0.3) is 0 Å². The molecule has 2 heterocycles. The second kappa shape index (κ2) is 6.57. The van der Waals surface area contributed by atoms with Crippen LogP contribution >= 0.6 is 11.6 Å². The lowest BCUT2D eigenvalue weighted by atomic mass is 10.1. The summed E-state index contributed by atoms with van der Waals surface area (Å²) in [6, 6.07) is 1.23. The van der Waals surface area contributed by atoms with Gasteiger partial charge in [0.25, 0.3) is 5.91 Å². The number of aromatic nitrogens is 1. The first-order valence-electron chi connectivity index (χ1n) is 6.81. The minimum atomic E-state index is -3.34. The van der Waals surface area contributed by atoms with Crippen LogP contribution in [0.5, 0.6) is 0 Å². The second-order valence-corrected chi connectivity index (χ2v) is 8.26. The standard InChI is InChI=1S/C13H20ClN3O4S/c1-16(2)22(19,20)8-9-6-21-7-11(9)15-13(18)12-4-10(14)5-17(12)3/h4-5,9,11H,6-8H2,1-3H3,(H,15,18)/t9-,11-/m0/s1. The lowest BCUT2D eigenvalue weighted by Crippen LogP contribution is -2.44. The zero-order valence-electron chi connectivity index (χ0n) is 12.7. The number of amides is 1. The summed E-state index contributed by atoms with van der Waals surface area (Å²) in [6.07, 6.45) is 1.63. The lowest BCUT2D eigenvalue weighted by Gasteiger charge is -2.21. The fraction of sp³-hybridized carbons (Fsp3) is 0.615. The number of carbonyl (C=O) groups is 1. The highest BCUT2D eigenvalue weighted by atomic mass is 35.5. The van der Waals surface area contributed by atoms with Gasteiger partial charge < -0.3 is 14.6 Å². The maximum atomic E-state index is 12.3. The number of hydrogen-bond donors (Lipinski definition) is 1. The Morgan fingerprint density at radius 1 is 1.50 bits per heavy atom. The molecule has 1 saturated heterocycles. The molecule has 7 nitrogen and oxygen atoms in total.